The first-order chi connectivity index (χ1) is 16.9. The van der Waals surface area contributed by atoms with Crippen molar-refractivity contribution in [2.45, 2.75) is 57.5 Å². The van der Waals surface area contributed by atoms with E-state index in [-0.39, 0.29) is 5.91 Å². The summed E-state index contributed by atoms with van der Waals surface area (Å²) in [5.74, 6) is 2.25. The van der Waals surface area contributed by atoms with Crippen LogP contribution in [0.15, 0.2) is 42.5 Å². The number of carbonyl (C=O) groups excluding carboxylic acids is 1. The Labute approximate surface area is 212 Å². The average molecular weight is 499 g/mol. The lowest BCUT2D eigenvalue weighted by atomic mass is 10.1. The van der Waals surface area contributed by atoms with Gasteiger partial charge in [0.25, 0.3) is 5.91 Å². The third kappa shape index (κ3) is 6.28. The van der Waals surface area contributed by atoms with Crippen LogP contribution in [0.5, 0.6) is 11.5 Å². The van der Waals surface area contributed by atoms with Gasteiger partial charge in [0.1, 0.15) is 18.1 Å². The second-order valence-corrected chi connectivity index (χ2v) is 10.6. The first kappa shape index (κ1) is 24.4. The highest BCUT2D eigenvalue weighted by Gasteiger charge is 2.36. The quantitative estimate of drug-likeness (QED) is 0.579. The van der Waals surface area contributed by atoms with Gasteiger partial charge in [-0.2, -0.15) is 0 Å². The van der Waals surface area contributed by atoms with Crippen LogP contribution in [0.1, 0.15) is 37.3 Å². The van der Waals surface area contributed by atoms with Crippen molar-refractivity contribution in [3.63, 3.8) is 0 Å². The summed E-state index contributed by atoms with van der Waals surface area (Å²) in [5.41, 5.74) is 9.21. The predicted molar refractivity (Wildman–Crippen MR) is 136 cm³/mol. The lowest BCUT2D eigenvalue weighted by molar-refractivity contribution is -0.138. The van der Waals surface area contributed by atoms with Gasteiger partial charge in [0.15, 0.2) is 6.10 Å². The van der Waals surface area contributed by atoms with Gasteiger partial charge in [-0.05, 0) is 75.0 Å². The molecule has 0 radical (unpaired) electrons. The molecule has 1 aliphatic carbocycles. The van der Waals surface area contributed by atoms with Crippen molar-refractivity contribution in [2.24, 2.45) is 5.92 Å². The van der Waals surface area contributed by atoms with E-state index in [1.165, 1.54) is 24.8 Å². The number of likely N-dealkylation sites (N-methyl/N-ethyl adjacent to an activating group) is 1. The number of hydrogen-bond donors (Lipinski definition) is 2. The van der Waals surface area contributed by atoms with Gasteiger partial charge in [0, 0.05) is 42.3 Å². The van der Waals surface area contributed by atoms with E-state index >= 15 is 0 Å². The van der Waals surface area contributed by atoms with Crippen LogP contribution in [0.4, 0.5) is 0 Å². The number of fused-ring (bicyclic) bond motifs is 1. The summed E-state index contributed by atoms with van der Waals surface area (Å²) in [4.78, 5) is 17.4. The van der Waals surface area contributed by atoms with Crippen molar-refractivity contribution in [3.05, 3.63) is 58.6 Å². The first-order valence-electron chi connectivity index (χ1n) is 12.6. The largest absolute Gasteiger partial charge is 0.491 e. The minimum atomic E-state index is -0.615. The van der Waals surface area contributed by atoms with E-state index < -0.39 is 6.10 Å². The van der Waals surface area contributed by atoms with Gasteiger partial charge in [-0.1, -0.05) is 23.7 Å². The van der Waals surface area contributed by atoms with Crippen molar-refractivity contribution >= 4 is 17.5 Å². The van der Waals surface area contributed by atoms with Crippen molar-refractivity contribution in [1.29, 1.82) is 0 Å². The number of ether oxygens (including phenoxy) is 2. The highest BCUT2D eigenvalue weighted by Crippen LogP contribution is 2.35. The van der Waals surface area contributed by atoms with Crippen molar-refractivity contribution in [1.82, 2.24) is 20.7 Å². The molecular weight excluding hydrogens is 464 g/mol. The Morgan fingerprint density at radius 2 is 2.11 bits per heavy atom. The molecule has 7 nitrogen and oxygen atoms in total. The molecule has 2 aromatic carbocycles. The topological polar surface area (TPSA) is 66.1 Å². The Bertz CT molecular complexity index is 1050. The van der Waals surface area contributed by atoms with Crippen molar-refractivity contribution in [2.75, 3.05) is 26.7 Å². The van der Waals surface area contributed by atoms with Crippen LogP contribution >= 0.6 is 11.6 Å². The van der Waals surface area contributed by atoms with E-state index in [1.54, 1.807) is 19.1 Å². The molecular formula is C27H35ClN4O3. The summed E-state index contributed by atoms with van der Waals surface area (Å²) < 4.78 is 11.8. The molecule has 0 aromatic heterocycles. The monoisotopic (exact) mass is 498 g/mol. The molecule has 3 atom stereocenters. The normalized spacial score (nSPS) is 22.9. The fraction of sp³-hybridized carbons (Fsp3) is 0.519. The van der Waals surface area contributed by atoms with E-state index in [1.807, 2.05) is 23.1 Å². The number of halogens is 1. The molecule has 0 spiro atoms. The van der Waals surface area contributed by atoms with Gasteiger partial charge in [0.2, 0.25) is 0 Å². The minimum absolute atomic E-state index is 0.0611. The molecule has 5 rings (SSSR count). The molecule has 2 N–H and O–H groups in total. The fourth-order valence-electron chi connectivity index (χ4n) is 5.12. The molecule has 1 amide bonds. The molecule has 2 aliphatic heterocycles. The number of hydrazine groups is 1. The Morgan fingerprint density at radius 1 is 1.26 bits per heavy atom. The van der Waals surface area contributed by atoms with Gasteiger partial charge in [0.05, 0.1) is 6.54 Å². The van der Waals surface area contributed by atoms with E-state index in [0.29, 0.717) is 42.6 Å². The maximum atomic E-state index is 13.2. The first-order valence-corrected chi connectivity index (χ1v) is 13.0. The Kier molecular flexibility index (Phi) is 7.48. The maximum Gasteiger partial charge on any atom is 0.263 e. The van der Waals surface area contributed by atoms with Gasteiger partial charge in [-0.25, -0.2) is 0 Å². The van der Waals surface area contributed by atoms with Crippen LogP contribution < -0.4 is 20.3 Å². The lowest BCUT2D eigenvalue weighted by Gasteiger charge is -2.24. The molecule has 1 saturated heterocycles. The fourth-order valence-corrected chi connectivity index (χ4v) is 5.30. The lowest BCUT2D eigenvalue weighted by Crippen LogP contribution is -2.41. The molecule has 0 bridgehead atoms. The average Bonchev–Trinajstić information content (AvgIpc) is 3.61. The van der Waals surface area contributed by atoms with E-state index in [4.69, 9.17) is 21.1 Å². The maximum absolute atomic E-state index is 13.2. The third-order valence-electron chi connectivity index (χ3n) is 7.06. The smallest absolute Gasteiger partial charge is 0.263 e. The van der Waals surface area contributed by atoms with E-state index in [2.05, 4.69) is 34.9 Å². The standard InChI is InChI=1S/C27H35ClN4O3/c1-18(35-24-5-3-4-22(28)13-24)27(33)32-10-11-34-26-9-6-19(12-21(26)16-32)15-31(2)17-23-14-25(30-29-23)20-7-8-20/h3-6,9,12-13,18,20,23,25,29-30H,7-8,10-11,14-17H2,1-2H3. The zero-order valence-electron chi connectivity index (χ0n) is 20.5. The molecule has 2 aromatic rings. The van der Waals surface area contributed by atoms with Crippen LogP contribution in [0.2, 0.25) is 5.02 Å². The molecule has 3 unspecified atom stereocenters. The van der Waals surface area contributed by atoms with Gasteiger partial charge in [-0.3, -0.25) is 15.6 Å². The minimum Gasteiger partial charge on any atom is -0.491 e. The number of nitrogens with zero attached hydrogens (tertiary/aromatic N) is 2. The van der Waals surface area contributed by atoms with Crippen LogP contribution in [0, 0.1) is 5.92 Å². The van der Waals surface area contributed by atoms with Crippen molar-refractivity contribution < 1.29 is 14.3 Å². The summed E-state index contributed by atoms with van der Waals surface area (Å²) in [6.07, 6.45) is 3.31. The molecule has 3 aliphatic rings. The highest BCUT2D eigenvalue weighted by atomic mass is 35.5. The van der Waals surface area contributed by atoms with Crippen LogP contribution in [0.3, 0.4) is 0 Å². The number of benzene rings is 2. The molecule has 2 fully saturated rings. The van der Waals surface area contributed by atoms with Crippen molar-refractivity contribution in [3.8, 4) is 11.5 Å². The molecule has 1 saturated carbocycles. The predicted octanol–water partition coefficient (Wildman–Crippen LogP) is 3.61. The molecule has 2 heterocycles. The SMILES string of the molecule is CC(Oc1cccc(Cl)c1)C(=O)N1CCOc2ccc(CN(C)CC3CC(C4CC4)NN3)cc2C1. The summed E-state index contributed by atoms with van der Waals surface area (Å²) in [6.45, 7) is 5.11. The number of nitrogens with one attached hydrogen (secondary N) is 2. The summed E-state index contributed by atoms with van der Waals surface area (Å²) in [6, 6.07) is 14.6. The zero-order valence-corrected chi connectivity index (χ0v) is 21.3. The molecule has 8 heteroatoms. The Balaban J connectivity index is 1.18. The van der Waals surface area contributed by atoms with E-state index in [9.17, 15) is 4.79 Å². The Hall–Kier alpha value is -2.32. The van der Waals surface area contributed by atoms with Crippen LogP contribution in [0.25, 0.3) is 0 Å². The van der Waals surface area contributed by atoms with E-state index in [0.717, 1.165) is 30.3 Å². The van der Waals surface area contributed by atoms with Gasteiger partial charge >= 0.3 is 0 Å². The van der Waals surface area contributed by atoms with Crippen LogP contribution in [-0.2, 0) is 17.9 Å². The summed E-state index contributed by atoms with van der Waals surface area (Å²) in [7, 11) is 2.17. The van der Waals surface area contributed by atoms with Gasteiger partial charge < -0.3 is 19.3 Å². The number of amides is 1. The van der Waals surface area contributed by atoms with Gasteiger partial charge in [-0.15, -0.1) is 0 Å². The Morgan fingerprint density at radius 3 is 2.91 bits per heavy atom. The zero-order chi connectivity index (χ0) is 24.4. The number of rotatable bonds is 8. The molecule has 35 heavy (non-hydrogen) atoms. The summed E-state index contributed by atoms with van der Waals surface area (Å²) in [5, 5.41) is 0.583. The number of carbonyl (C=O) groups is 1. The van der Waals surface area contributed by atoms with Crippen LogP contribution in [-0.4, -0.2) is 60.6 Å². The second kappa shape index (κ2) is 10.7. The third-order valence-corrected chi connectivity index (χ3v) is 7.30. The molecule has 188 valence electrons. The highest BCUT2D eigenvalue weighted by molar-refractivity contribution is 6.30. The summed E-state index contributed by atoms with van der Waals surface area (Å²) >= 11 is 6.05. The second-order valence-electron chi connectivity index (χ2n) is 10.1. The number of hydrogen-bond acceptors (Lipinski definition) is 6.